The van der Waals surface area contributed by atoms with Crippen LogP contribution >= 0.6 is 34.7 Å². The average molecular weight is 274 g/mol. The Balaban J connectivity index is 2.07. The van der Waals surface area contributed by atoms with E-state index in [4.69, 9.17) is 23.2 Å². The Morgan fingerprint density at radius 1 is 1.38 bits per heavy atom. The second kappa shape index (κ2) is 4.99. The van der Waals surface area contributed by atoms with Crippen LogP contribution in [0.3, 0.4) is 0 Å². The van der Waals surface area contributed by atoms with Crippen LogP contribution in [0.1, 0.15) is 11.4 Å². The Morgan fingerprint density at radius 3 is 2.88 bits per heavy atom. The van der Waals surface area contributed by atoms with E-state index in [9.17, 15) is 0 Å². The molecule has 6 heteroatoms. The first-order chi connectivity index (χ1) is 7.65. The summed E-state index contributed by atoms with van der Waals surface area (Å²) in [6.45, 7) is 2.45. The van der Waals surface area contributed by atoms with Crippen molar-refractivity contribution in [3.8, 4) is 0 Å². The normalized spacial score (nSPS) is 10.4. The maximum absolute atomic E-state index is 6.04. The number of halogens is 2. The highest BCUT2D eigenvalue weighted by molar-refractivity contribution is 7.09. The molecular formula is C10H9Cl2N3S. The Bertz CT molecular complexity index is 499. The minimum absolute atomic E-state index is 0.591. The molecule has 0 radical (unpaired) electrons. The third-order valence-electron chi connectivity index (χ3n) is 1.97. The van der Waals surface area contributed by atoms with Crippen LogP contribution in [-0.2, 0) is 6.54 Å². The molecule has 0 atom stereocenters. The van der Waals surface area contributed by atoms with Gasteiger partial charge in [0.05, 0.1) is 0 Å². The van der Waals surface area contributed by atoms with Gasteiger partial charge in [-0.05, 0) is 30.7 Å². The van der Waals surface area contributed by atoms with Crippen LogP contribution < -0.4 is 5.32 Å². The highest BCUT2D eigenvalue weighted by atomic mass is 35.5. The van der Waals surface area contributed by atoms with E-state index in [1.54, 1.807) is 12.1 Å². The first kappa shape index (κ1) is 11.6. The number of nitrogens with zero attached hydrogens (tertiary/aromatic N) is 2. The summed E-state index contributed by atoms with van der Waals surface area (Å²) in [7, 11) is 0. The molecule has 2 aromatic rings. The monoisotopic (exact) mass is 273 g/mol. The van der Waals surface area contributed by atoms with Crippen molar-refractivity contribution in [3.63, 3.8) is 0 Å². The second-order valence-electron chi connectivity index (χ2n) is 3.24. The van der Waals surface area contributed by atoms with Crippen molar-refractivity contribution < 1.29 is 0 Å². The molecule has 0 saturated carbocycles. The average Bonchev–Trinajstić information content (AvgIpc) is 2.66. The lowest BCUT2D eigenvalue weighted by Crippen LogP contribution is -1.99. The van der Waals surface area contributed by atoms with E-state index in [1.165, 1.54) is 11.5 Å². The molecule has 0 aliphatic heterocycles. The van der Waals surface area contributed by atoms with Crippen molar-refractivity contribution in [3.05, 3.63) is 39.6 Å². The molecule has 84 valence electrons. The molecule has 2 rings (SSSR count). The molecule has 1 aromatic carbocycles. The Labute approximate surface area is 108 Å². The quantitative estimate of drug-likeness (QED) is 0.925. The van der Waals surface area contributed by atoms with E-state index in [0.29, 0.717) is 16.6 Å². The van der Waals surface area contributed by atoms with Crippen molar-refractivity contribution >= 4 is 39.9 Å². The van der Waals surface area contributed by atoms with E-state index in [2.05, 4.69) is 14.7 Å². The lowest BCUT2D eigenvalue weighted by molar-refractivity contribution is 1.10. The molecule has 0 saturated heterocycles. The van der Waals surface area contributed by atoms with Crippen LogP contribution in [-0.4, -0.2) is 9.36 Å². The molecule has 16 heavy (non-hydrogen) atoms. The summed E-state index contributed by atoms with van der Waals surface area (Å²) in [5.41, 5.74) is 0.946. The van der Waals surface area contributed by atoms with Crippen molar-refractivity contribution in [2.24, 2.45) is 0 Å². The predicted molar refractivity (Wildman–Crippen MR) is 68.4 cm³/mol. The maximum Gasteiger partial charge on any atom is 0.202 e. The lowest BCUT2D eigenvalue weighted by Gasteiger charge is -2.05. The molecule has 0 spiro atoms. The van der Waals surface area contributed by atoms with E-state index in [1.807, 2.05) is 13.0 Å². The van der Waals surface area contributed by atoms with Crippen LogP contribution in [0.15, 0.2) is 18.2 Å². The number of aromatic nitrogens is 2. The van der Waals surface area contributed by atoms with Crippen molar-refractivity contribution in [1.29, 1.82) is 0 Å². The van der Waals surface area contributed by atoms with Crippen LogP contribution in [0.5, 0.6) is 0 Å². The molecule has 0 bridgehead atoms. The van der Waals surface area contributed by atoms with Gasteiger partial charge in [-0.15, -0.1) is 0 Å². The summed E-state index contributed by atoms with van der Waals surface area (Å²) in [5, 5.41) is 5.31. The van der Waals surface area contributed by atoms with Gasteiger partial charge in [0, 0.05) is 28.1 Å². The molecule has 0 amide bonds. The first-order valence-corrected chi connectivity index (χ1v) is 6.16. The fourth-order valence-corrected chi connectivity index (χ4v) is 2.17. The molecule has 0 fully saturated rings. The van der Waals surface area contributed by atoms with Gasteiger partial charge in [-0.3, -0.25) is 0 Å². The highest BCUT2D eigenvalue weighted by Gasteiger charge is 2.03. The Morgan fingerprint density at radius 2 is 2.19 bits per heavy atom. The van der Waals surface area contributed by atoms with Crippen LogP contribution in [0, 0.1) is 6.92 Å². The topological polar surface area (TPSA) is 37.8 Å². The van der Waals surface area contributed by atoms with E-state index in [-0.39, 0.29) is 0 Å². The largest absolute Gasteiger partial charge is 0.356 e. The van der Waals surface area contributed by atoms with Gasteiger partial charge in [-0.1, -0.05) is 23.2 Å². The molecule has 0 unspecified atom stereocenters. The van der Waals surface area contributed by atoms with E-state index < -0.39 is 0 Å². The zero-order chi connectivity index (χ0) is 11.5. The number of anilines is 1. The number of hydrogen-bond donors (Lipinski definition) is 1. The first-order valence-electron chi connectivity index (χ1n) is 4.63. The second-order valence-corrected chi connectivity index (χ2v) is 4.83. The standard InChI is InChI=1S/C10H9Cl2N3S/c1-6-14-10(16-15-6)13-5-7-4-8(11)2-3-9(7)12/h2-4H,5H2,1H3,(H,13,14,15). The molecule has 3 nitrogen and oxygen atoms in total. The number of nitrogens with one attached hydrogen (secondary N) is 1. The van der Waals surface area contributed by atoms with E-state index in [0.717, 1.165) is 16.5 Å². The summed E-state index contributed by atoms with van der Waals surface area (Å²) < 4.78 is 4.08. The van der Waals surface area contributed by atoms with Gasteiger partial charge in [0.25, 0.3) is 0 Å². The minimum atomic E-state index is 0.591. The number of benzene rings is 1. The van der Waals surface area contributed by atoms with Gasteiger partial charge < -0.3 is 5.32 Å². The Kier molecular flexibility index (Phi) is 3.63. The lowest BCUT2D eigenvalue weighted by atomic mass is 10.2. The summed E-state index contributed by atoms with van der Waals surface area (Å²) >= 11 is 13.3. The molecule has 0 aliphatic carbocycles. The minimum Gasteiger partial charge on any atom is -0.356 e. The van der Waals surface area contributed by atoms with Crippen LogP contribution in [0.2, 0.25) is 10.0 Å². The molecule has 1 heterocycles. The predicted octanol–water partition coefficient (Wildman–Crippen LogP) is 3.77. The van der Waals surface area contributed by atoms with Gasteiger partial charge in [-0.25, -0.2) is 4.98 Å². The van der Waals surface area contributed by atoms with Crippen molar-refractivity contribution in [1.82, 2.24) is 9.36 Å². The molecule has 0 aliphatic rings. The van der Waals surface area contributed by atoms with Gasteiger partial charge in [0.2, 0.25) is 5.13 Å². The van der Waals surface area contributed by atoms with E-state index >= 15 is 0 Å². The number of aryl methyl sites for hydroxylation is 1. The maximum atomic E-state index is 6.04. The number of rotatable bonds is 3. The van der Waals surface area contributed by atoms with Crippen LogP contribution in [0.4, 0.5) is 5.13 Å². The molecular weight excluding hydrogens is 265 g/mol. The van der Waals surface area contributed by atoms with Crippen molar-refractivity contribution in [2.45, 2.75) is 13.5 Å². The highest BCUT2D eigenvalue weighted by Crippen LogP contribution is 2.22. The van der Waals surface area contributed by atoms with Crippen LogP contribution in [0.25, 0.3) is 0 Å². The summed E-state index contributed by atoms with van der Waals surface area (Å²) in [4.78, 5) is 4.20. The summed E-state index contributed by atoms with van der Waals surface area (Å²) in [6.07, 6.45) is 0. The Hall–Kier alpha value is -0.840. The molecule has 1 aromatic heterocycles. The fourth-order valence-electron chi connectivity index (χ4n) is 1.22. The van der Waals surface area contributed by atoms with Gasteiger partial charge >= 0.3 is 0 Å². The fraction of sp³-hybridized carbons (Fsp3) is 0.200. The summed E-state index contributed by atoms with van der Waals surface area (Å²) in [5.74, 6) is 0.768. The van der Waals surface area contributed by atoms with Crippen molar-refractivity contribution in [2.75, 3.05) is 5.32 Å². The zero-order valence-corrected chi connectivity index (χ0v) is 10.8. The third-order valence-corrected chi connectivity index (χ3v) is 3.33. The van der Waals surface area contributed by atoms with Gasteiger partial charge in [0.1, 0.15) is 5.82 Å². The number of hydrogen-bond acceptors (Lipinski definition) is 4. The zero-order valence-electron chi connectivity index (χ0n) is 8.50. The van der Waals surface area contributed by atoms with Gasteiger partial charge in [0.15, 0.2) is 0 Å². The smallest absolute Gasteiger partial charge is 0.202 e. The third kappa shape index (κ3) is 2.84. The SMILES string of the molecule is Cc1nsc(NCc2cc(Cl)ccc2Cl)n1. The molecule has 1 N–H and O–H groups in total. The summed E-state index contributed by atoms with van der Waals surface area (Å²) in [6, 6.07) is 5.39. The van der Waals surface area contributed by atoms with Gasteiger partial charge in [-0.2, -0.15) is 4.37 Å².